The smallest absolute Gasteiger partial charge is 0.327 e. The van der Waals surface area contributed by atoms with Gasteiger partial charge in [-0.05, 0) is 25.7 Å². The highest BCUT2D eigenvalue weighted by Crippen LogP contribution is 2.22. The molecule has 6 nitrogen and oxygen atoms in total. The van der Waals surface area contributed by atoms with Crippen molar-refractivity contribution in [3.8, 4) is 0 Å². The van der Waals surface area contributed by atoms with Crippen LogP contribution in [0.3, 0.4) is 0 Å². The lowest BCUT2D eigenvalue weighted by Crippen LogP contribution is -2.50. The Morgan fingerprint density at radius 1 is 0.737 bits per heavy atom. The highest BCUT2D eigenvalue weighted by molar-refractivity contribution is 6.35. The lowest BCUT2D eigenvalue weighted by Gasteiger charge is -2.14. The van der Waals surface area contributed by atoms with Crippen molar-refractivity contribution in [1.29, 1.82) is 0 Å². The molecule has 0 unspecified atom stereocenters. The fourth-order valence-electron chi connectivity index (χ4n) is 2.30. The number of rotatable bonds is 2. The average molecular weight is 267 g/mol. The second-order valence-electron chi connectivity index (χ2n) is 5.38. The maximum Gasteiger partial charge on any atom is 0.327 e. The SMILES string of the molecule is O=C(NNC(=O)C1CCCCCC1)C(=O)NC1CC1. The van der Waals surface area contributed by atoms with Crippen LogP contribution in [0.15, 0.2) is 0 Å². The molecule has 0 bridgehead atoms. The van der Waals surface area contributed by atoms with E-state index in [2.05, 4.69) is 16.2 Å². The third kappa shape index (κ3) is 4.54. The number of nitrogens with one attached hydrogen (secondary N) is 3. The predicted octanol–water partition coefficient (Wildman–Crippen LogP) is 0.383. The Morgan fingerprint density at radius 3 is 1.95 bits per heavy atom. The molecule has 0 spiro atoms. The third-order valence-electron chi connectivity index (χ3n) is 3.64. The molecule has 0 saturated heterocycles. The van der Waals surface area contributed by atoms with Crippen molar-refractivity contribution < 1.29 is 14.4 Å². The van der Waals surface area contributed by atoms with E-state index in [1.807, 2.05) is 0 Å². The van der Waals surface area contributed by atoms with E-state index in [-0.39, 0.29) is 17.9 Å². The van der Waals surface area contributed by atoms with E-state index in [0.717, 1.165) is 38.5 Å². The molecule has 0 aromatic heterocycles. The summed E-state index contributed by atoms with van der Waals surface area (Å²) in [6.45, 7) is 0. The van der Waals surface area contributed by atoms with Gasteiger partial charge in [-0.3, -0.25) is 25.2 Å². The molecule has 2 aliphatic carbocycles. The molecule has 2 saturated carbocycles. The van der Waals surface area contributed by atoms with Crippen LogP contribution in [0.4, 0.5) is 0 Å². The van der Waals surface area contributed by atoms with Crippen LogP contribution in [0.25, 0.3) is 0 Å². The van der Waals surface area contributed by atoms with Crippen molar-refractivity contribution in [3.05, 3.63) is 0 Å². The van der Waals surface area contributed by atoms with Gasteiger partial charge in [0.15, 0.2) is 0 Å². The van der Waals surface area contributed by atoms with Gasteiger partial charge in [0.05, 0.1) is 0 Å². The summed E-state index contributed by atoms with van der Waals surface area (Å²) in [7, 11) is 0. The highest BCUT2D eigenvalue weighted by Gasteiger charge is 2.27. The van der Waals surface area contributed by atoms with Crippen molar-refractivity contribution in [2.24, 2.45) is 5.92 Å². The summed E-state index contributed by atoms with van der Waals surface area (Å²) in [6, 6.07) is 0.135. The molecule has 2 rings (SSSR count). The number of hydrazine groups is 1. The summed E-state index contributed by atoms with van der Waals surface area (Å²) in [4.78, 5) is 34.6. The van der Waals surface area contributed by atoms with Gasteiger partial charge in [-0.25, -0.2) is 0 Å². The molecular formula is C13H21N3O3. The summed E-state index contributed by atoms with van der Waals surface area (Å²) >= 11 is 0. The van der Waals surface area contributed by atoms with Crippen LogP contribution in [-0.4, -0.2) is 23.8 Å². The Morgan fingerprint density at radius 2 is 1.37 bits per heavy atom. The van der Waals surface area contributed by atoms with Crippen LogP contribution < -0.4 is 16.2 Å². The molecule has 19 heavy (non-hydrogen) atoms. The fraction of sp³-hybridized carbons (Fsp3) is 0.769. The van der Waals surface area contributed by atoms with E-state index >= 15 is 0 Å². The molecule has 0 aromatic carbocycles. The first kappa shape index (κ1) is 13.8. The van der Waals surface area contributed by atoms with Crippen molar-refractivity contribution in [2.45, 2.75) is 57.4 Å². The predicted molar refractivity (Wildman–Crippen MR) is 68.6 cm³/mol. The van der Waals surface area contributed by atoms with Crippen molar-refractivity contribution in [1.82, 2.24) is 16.2 Å². The molecule has 2 fully saturated rings. The van der Waals surface area contributed by atoms with E-state index in [9.17, 15) is 14.4 Å². The van der Waals surface area contributed by atoms with E-state index in [0.29, 0.717) is 0 Å². The molecule has 0 aromatic rings. The Kier molecular flexibility index (Phi) is 4.76. The summed E-state index contributed by atoms with van der Waals surface area (Å²) in [5, 5.41) is 2.56. The standard InChI is InChI=1S/C13H21N3O3/c17-11(9-5-3-1-2-4-6-9)15-16-13(19)12(18)14-10-7-8-10/h9-10H,1-8H2,(H,14,18)(H,15,17)(H,16,19). The lowest BCUT2D eigenvalue weighted by molar-refractivity contribution is -0.141. The van der Waals surface area contributed by atoms with E-state index in [4.69, 9.17) is 0 Å². The third-order valence-corrected chi connectivity index (χ3v) is 3.64. The minimum atomic E-state index is -0.797. The van der Waals surface area contributed by atoms with E-state index < -0.39 is 11.8 Å². The zero-order chi connectivity index (χ0) is 13.7. The number of carbonyl (C=O) groups excluding carboxylic acids is 3. The molecule has 0 atom stereocenters. The van der Waals surface area contributed by atoms with Gasteiger partial charge in [0, 0.05) is 12.0 Å². The monoisotopic (exact) mass is 267 g/mol. The zero-order valence-corrected chi connectivity index (χ0v) is 11.0. The second-order valence-corrected chi connectivity index (χ2v) is 5.38. The highest BCUT2D eigenvalue weighted by atomic mass is 16.2. The number of hydrogen-bond donors (Lipinski definition) is 3. The van der Waals surface area contributed by atoms with Crippen LogP contribution in [0.5, 0.6) is 0 Å². The first-order valence-electron chi connectivity index (χ1n) is 7.07. The Labute approximate surface area is 112 Å². The number of hydrogen-bond acceptors (Lipinski definition) is 3. The van der Waals surface area contributed by atoms with Crippen molar-refractivity contribution >= 4 is 17.7 Å². The van der Waals surface area contributed by atoms with Gasteiger partial charge in [0.2, 0.25) is 5.91 Å². The average Bonchev–Trinajstić information content (AvgIpc) is 3.21. The minimum Gasteiger partial charge on any atom is -0.345 e. The second kappa shape index (κ2) is 6.54. The van der Waals surface area contributed by atoms with Gasteiger partial charge >= 0.3 is 11.8 Å². The van der Waals surface area contributed by atoms with Gasteiger partial charge in [-0.15, -0.1) is 0 Å². The Bertz CT molecular complexity index is 358. The van der Waals surface area contributed by atoms with Gasteiger partial charge in [-0.1, -0.05) is 25.7 Å². The molecule has 0 aliphatic heterocycles. The Hall–Kier alpha value is -1.59. The maximum absolute atomic E-state index is 11.9. The molecule has 106 valence electrons. The molecule has 0 heterocycles. The van der Waals surface area contributed by atoms with E-state index in [1.54, 1.807) is 0 Å². The van der Waals surface area contributed by atoms with Crippen LogP contribution in [0, 0.1) is 5.92 Å². The van der Waals surface area contributed by atoms with Gasteiger partial charge in [-0.2, -0.15) is 0 Å². The topological polar surface area (TPSA) is 87.3 Å². The minimum absolute atomic E-state index is 0.0470. The van der Waals surface area contributed by atoms with Crippen molar-refractivity contribution in [2.75, 3.05) is 0 Å². The first-order valence-corrected chi connectivity index (χ1v) is 7.07. The maximum atomic E-state index is 11.9. The fourth-order valence-corrected chi connectivity index (χ4v) is 2.30. The van der Waals surface area contributed by atoms with E-state index in [1.165, 1.54) is 12.8 Å². The van der Waals surface area contributed by atoms with Crippen LogP contribution in [-0.2, 0) is 14.4 Å². The number of amides is 3. The molecule has 3 N–H and O–H groups in total. The van der Waals surface area contributed by atoms with Gasteiger partial charge in [0.25, 0.3) is 0 Å². The normalized spacial score (nSPS) is 20.2. The Balaban J connectivity index is 1.69. The molecule has 6 heteroatoms. The van der Waals surface area contributed by atoms with Crippen LogP contribution in [0.2, 0.25) is 0 Å². The lowest BCUT2D eigenvalue weighted by atomic mass is 10.00. The van der Waals surface area contributed by atoms with Crippen molar-refractivity contribution in [3.63, 3.8) is 0 Å². The molecule has 3 amide bonds. The summed E-state index contributed by atoms with van der Waals surface area (Å²) in [5.74, 6) is -1.71. The molecular weight excluding hydrogens is 246 g/mol. The largest absolute Gasteiger partial charge is 0.345 e. The first-order chi connectivity index (χ1) is 9.16. The summed E-state index contributed by atoms with van der Waals surface area (Å²) in [6.07, 6.45) is 8.00. The van der Waals surface area contributed by atoms with Crippen LogP contribution in [0.1, 0.15) is 51.4 Å². The van der Waals surface area contributed by atoms with Crippen LogP contribution >= 0.6 is 0 Å². The summed E-state index contributed by atoms with van der Waals surface area (Å²) < 4.78 is 0. The summed E-state index contributed by atoms with van der Waals surface area (Å²) in [5.41, 5.74) is 4.54. The van der Waals surface area contributed by atoms with Gasteiger partial charge in [0.1, 0.15) is 0 Å². The molecule has 2 aliphatic rings. The quantitative estimate of drug-likeness (QED) is 0.384. The zero-order valence-electron chi connectivity index (χ0n) is 11.0. The number of carbonyl (C=O) groups is 3. The van der Waals surface area contributed by atoms with Gasteiger partial charge < -0.3 is 5.32 Å². The molecule has 0 radical (unpaired) electrons.